The molecule has 0 bridgehead atoms. The quantitative estimate of drug-likeness (QED) is 0.626. The lowest BCUT2D eigenvalue weighted by atomic mass is 10.1. The van der Waals surface area contributed by atoms with Crippen molar-refractivity contribution in [3.05, 3.63) is 0 Å². The maximum absolute atomic E-state index is 10.9. The van der Waals surface area contributed by atoms with Crippen molar-refractivity contribution in [3.8, 4) is 0 Å². The fourth-order valence-corrected chi connectivity index (χ4v) is 0.658. The highest BCUT2D eigenvalue weighted by Gasteiger charge is 2.14. The molecule has 1 amide bonds. The first-order chi connectivity index (χ1) is 5.61. The fourth-order valence-electron chi connectivity index (χ4n) is 0.658. The van der Waals surface area contributed by atoms with Crippen molar-refractivity contribution in [2.45, 2.75) is 33.4 Å². The number of nitrogens with one attached hydrogen (secondary N) is 1. The topological polar surface area (TPSA) is 64.3 Å². The van der Waals surface area contributed by atoms with E-state index in [1.807, 2.05) is 20.8 Å². The van der Waals surface area contributed by atoms with Crippen molar-refractivity contribution in [1.29, 1.82) is 0 Å². The Balaban J connectivity index is 3.67. The van der Waals surface area contributed by atoms with Crippen LogP contribution >= 0.6 is 0 Å². The summed E-state index contributed by atoms with van der Waals surface area (Å²) in [6.07, 6.45) is -0.0348. The van der Waals surface area contributed by atoms with Gasteiger partial charge in [-0.15, -0.1) is 0 Å². The molecule has 0 aliphatic rings. The number of ether oxygens (including phenoxy) is 1. The average Bonchev–Trinajstić information content (AvgIpc) is 2.03. The molecular weight excluding hydrogens is 156 g/mol. The molecular formula is C8H18N2O2. The Morgan fingerprint density at radius 2 is 2.17 bits per heavy atom. The Kier molecular flexibility index (Phi) is 5.45. The van der Waals surface area contributed by atoms with Crippen LogP contribution in [0.5, 0.6) is 0 Å². The van der Waals surface area contributed by atoms with Crippen molar-refractivity contribution < 1.29 is 9.53 Å². The second kappa shape index (κ2) is 5.83. The van der Waals surface area contributed by atoms with E-state index in [0.29, 0.717) is 6.54 Å². The van der Waals surface area contributed by atoms with Crippen molar-refractivity contribution in [2.24, 2.45) is 11.7 Å². The van der Waals surface area contributed by atoms with E-state index in [9.17, 15) is 4.79 Å². The van der Waals surface area contributed by atoms with Crippen LogP contribution < -0.4 is 11.1 Å². The van der Waals surface area contributed by atoms with Gasteiger partial charge in [-0.2, -0.15) is 0 Å². The van der Waals surface area contributed by atoms with Crippen LogP contribution in [0.25, 0.3) is 0 Å². The van der Waals surface area contributed by atoms with Crippen LogP contribution in [0.15, 0.2) is 0 Å². The molecule has 0 spiro atoms. The van der Waals surface area contributed by atoms with Crippen molar-refractivity contribution >= 4 is 6.09 Å². The summed E-state index contributed by atoms with van der Waals surface area (Å²) < 4.78 is 4.87. The number of hydrogen-bond donors (Lipinski definition) is 2. The normalized spacial score (nSPS) is 15.0. The third-order valence-corrected chi connectivity index (χ3v) is 1.77. The van der Waals surface area contributed by atoms with Gasteiger partial charge in [0.2, 0.25) is 0 Å². The predicted octanol–water partition coefficient (Wildman–Crippen LogP) is 1.06. The summed E-state index contributed by atoms with van der Waals surface area (Å²) in [5, 5.41) is 2.51. The molecule has 12 heavy (non-hydrogen) atoms. The number of rotatable bonds is 4. The van der Waals surface area contributed by atoms with E-state index in [4.69, 9.17) is 10.5 Å². The lowest BCUT2D eigenvalue weighted by Crippen LogP contribution is -2.37. The minimum Gasteiger partial charge on any atom is -0.430 e. The largest absolute Gasteiger partial charge is 0.430 e. The zero-order valence-corrected chi connectivity index (χ0v) is 7.96. The molecule has 0 aliphatic heterocycles. The lowest BCUT2D eigenvalue weighted by molar-refractivity contribution is 0.0695. The predicted molar refractivity (Wildman–Crippen MR) is 47.6 cm³/mol. The standard InChI is InChI=1S/C8H18N2O2/c1-4-6(3)7(9)12-8(11)10-5-2/h6-7H,4-5,9H2,1-3H3,(H,10,11). The van der Waals surface area contributed by atoms with Gasteiger partial charge in [0.05, 0.1) is 0 Å². The van der Waals surface area contributed by atoms with Gasteiger partial charge in [-0.05, 0) is 13.3 Å². The number of carbonyl (C=O) groups is 1. The Morgan fingerprint density at radius 3 is 2.58 bits per heavy atom. The fraction of sp³-hybridized carbons (Fsp3) is 0.875. The first kappa shape index (κ1) is 11.2. The van der Waals surface area contributed by atoms with E-state index < -0.39 is 12.3 Å². The van der Waals surface area contributed by atoms with E-state index in [-0.39, 0.29) is 5.92 Å². The van der Waals surface area contributed by atoms with Gasteiger partial charge in [0.15, 0.2) is 6.23 Å². The highest BCUT2D eigenvalue weighted by molar-refractivity contribution is 5.67. The SMILES string of the molecule is CCNC(=O)OC(N)C(C)CC. The Hall–Kier alpha value is -0.770. The summed E-state index contributed by atoms with van der Waals surface area (Å²) in [4.78, 5) is 10.9. The van der Waals surface area contributed by atoms with E-state index in [0.717, 1.165) is 6.42 Å². The first-order valence-corrected chi connectivity index (χ1v) is 4.31. The van der Waals surface area contributed by atoms with Crippen molar-refractivity contribution in [2.75, 3.05) is 6.54 Å². The monoisotopic (exact) mass is 174 g/mol. The van der Waals surface area contributed by atoms with E-state index in [1.54, 1.807) is 0 Å². The highest BCUT2D eigenvalue weighted by atomic mass is 16.6. The van der Waals surface area contributed by atoms with Crippen LogP contribution in [-0.4, -0.2) is 18.9 Å². The van der Waals surface area contributed by atoms with Gasteiger partial charge < -0.3 is 10.1 Å². The number of alkyl carbamates (subject to hydrolysis) is 1. The Labute approximate surface area is 73.5 Å². The summed E-state index contributed by atoms with van der Waals surface area (Å²) in [6, 6.07) is 0. The third-order valence-electron chi connectivity index (χ3n) is 1.77. The summed E-state index contributed by atoms with van der Waals surface area (Å²) in [7, 11) is 0. The van der Waals surface area contributed by atoms with Gasteiger partial charge >= 0.3 is 6.09 Å². The second-order valence-corrected chi connectivity index (χ2v) is 2.79. The molecule has 0 saturated carbocycles. The number of amides is 1. The van der Waals surface area contributed by atoms with Gasteiger partial charge in [0.1, 0.15) is 0 Å². The summed E-state index contributed by atoms with van der Waals surface area (Å²) >= 11 is 0. The van der Waals surface area contributed by atoms with Crippen LogP contribution in [0.2, 0.25) is 0 Å². The zero-order valence-electron chi connectivity index (χ0n) is 7.96. The molecule has 0 rings (SSSR count). The van der Waals surface area contributed by atoms with Crippen LogP contribution in [0.3, 0.4) is 0 Å². The van der Waals surface area contributed by atoms with Gasteiger partial charge in [-0.3, -0.25) is 5.73 Å². The van der Waals surface area contributed by atoms with E-state index >= 15 is 0 Å². The molecule has 0 aromatic heterocycles. The minimum absolute atomic E-state index is 0.201. The van der Waals surface area contributed by atoms with Gasteiger partial charge in [0.25, 0.3) is 0 Å². The molecule has 0 heterocycles. The number of nitrogens with two attached hydrogens (primary N) is 1. The van der Waals surface area contributed by atoms with E-state index in [2.05, 4.69) is 5.32 Å². The molecule has 72 valence electrons. The Morgan fingerprint density at radius 1 is 1.58 bits per heavy atom. The van der Waals surface area contributed by atoms with Gasteiger partial charge in [-0.1, -0.05) is 13.8 Å². The molecule has 0 radical (unpaired) electrons. The van der Waals surface area contributed by atoms with Crippen LogP contribution in [0, 0.1) is 5.92 Å². The summed E-state index contributed by atoms with van der Waals surface area (Å²) in [5.74, 6) is 0.201. The minimum atomic E-state index is -0.499. The molecule has 4 heteroatoms. The first-order valence-electron chi connectivity index (χ1n) is 4.31. The highest BCUT2D eigenvalue weighted by Crippen LogP contribution is 2.05. The molecule has 0 aromatic rings. The smallest absolute Gasteiger partial charge is 0.408 e. The molecule has 4 nitrogen and oxygen atoms in total. The van der Waals surface area contributed by atoms with Crippen molar-refractivity contribution in [3.63, 3.8) is 0 Å². The maximum atomic E-state index is 10.9. The maximum Gasteiger partial charge on any atom is 0.408 e. The third kappa shape index (κ3) is 4.18. The Bertz CT molecular complexity index is 139. The number of hydrogen-bond acceptors (Lipinski definition) is 3. The van der Waals surface area contributed by atoms with Gasteiger partial charge in [-0.25, -0.2) is 4.79 Å². The second-order valence-electron chi connectivity index (χ2n) is 2.79. The molecule has 0 aliphatic carbocycles. The molecule has 2 unspecified atom stereocenters. The van der Waals surface area contributed by atoms with E-state index in [1.165, 1.54) is 0 Å². The summed E-state index contributed by atoms with van der Waals surface area (Å²) in [5.41, 5.74) is 5.58. The molecule has 3 N–H and O–H groups in total. The van der Waals surface area contributed by atoms with Crippen LogP contribution in [0.1, 0.15) is 27.2 Å². The lowest BCUT2D eigenvalue weighted by Gasteiger charge is -2.18. The molecule has 0 saturated heterocycles. The van der Waals surface area contributed by atoms with Crippen LogP contribution in [0.4, 0.5) is 4.79 Å². The molecule has 2 atom stereocenters. The summed E-state index contributed by atoms with van der Waals surface area (Å²) in [6.45, 7) is 6.34. The number of carbonyl (C=O) groups excluding carboxylic acids is 1. The zero-order chi connectivity index (χ0) is 9.56. The van der Waals surface area contributed by atoms with Gasteiger partial charge in [0, 0.05) is 12.5 Å². The van der Waals surface area contributed by atoms with Crippen molar-refractivity contribution in [1.82, 2.24) is 5.32 Å². The van der Waals surface area contributed by atoms with Crippen LogP contribution in [-0.2, 0) is 4.74 Å². The molecule has 0 fully saturated rings. The molecule has 0 aromatic carbocycles. The average molecular weight is 174 g/mol.